The second-order valence-electron chi connectivity index (χ2n) is 2.42. The predicted molar refractivity (Wildman–Crippen MR) is 47.3 cm³/mol. The molecule has 0 aliphatic heterocycles. The van der Waals surface area contributed by atoms with Crippen LogP contribution in [0.4, 0.5) is 10.5 Å². The Bertz CT molecular complexity index is 285. The Hall–Kier alpha value is -1.71. The molecule has 5 N–H and O–H groups in total. The van der Waals surface area contributed by atoms with Crippen LogP contribution in [0.3, 0.4) is 0 Å². The van der Waals surface area contributed by atoms with Crippen LogP contribution in [-0.2, 0) is 6.54 Å². The summed E-state index contributed by atoms with van der Waals surface area (Å²) in [6, 6.07) is 6.76. The fraction of sp³-hybridized carbons (Fsp3) is 0.125. The van der Waals surface area contributed by atoms with Gasteiger partial charge in [0.15, 0.2) is 0 Å². The van der Waals surface area contributed by atoms with Crippen molar-refractivity contribution in [2.24, 2.45) is 5.73 Å². The smallest absolute Gasteiger partial charge is 0.312 e. The summed E-state index contributed by atoms with van der Waals surface area (Å²) in [5, 5.41) is 2.46. The Labute approximate surface area is 70.6 Å². The maximum atomic E-state index is 10.4. The minimum absolute atomic E-state index is 0.377. The maximum absolute atomic E-state index is 10.4. The van der Waals surface area contributed by atoms with Gasteiger partial charge in [-0.15, -0.1) is 0 Å². The second-order valence-corrected chi connectivity index (χ2v) is 2.42. The Morgan fingerprint density at radius 3 is 2.67 bits per heavy atom. The molecule has 0 heterocycles. The van der Waals surface area contributed by atoms with Crippen molar-refractivity contribution in [2.75, 3.05) is 5.73 Å². The van der Waals surface area contributed by atoms with Crippen molar-refractivity contribution in [3.63, 3.8) is 0 Å². The number of nitrogens with one attached hydrogen (secondary N) is 1. The number of anilines is 1. The summed E-state index contributed by atoms with van der Waals surface area (Å²) in [6.45, 7) is 0.377. The average molecular weight is 165 g/mol. The third-order valence-corrected chi connectivity index (χ3v) is 1.51. The number of carbonyl (C=O) groups is 1. The monoisotopic (exact) mass is 165 g/mol. The zero-order valence-corrected chi connectivity index (χ0v) is 6.58. The van der Waals surface area contributed by atoms with Gasteiger partial charge in [0.05, 0.1) is 0 Å². The molecule has 12 heavy (non-hydrogen) atoms. The lowest BCUT2D eigenvalue weighted by molar-refractivity contribution is 0.248. The van der Waals surface area contributed by atoms with Crippen molar-refractivity contribution in [3.05, 3.63) is 29.8 Å². The van der Waals surface area contributed by atoms with Crippen molar-refractivity contribution >= 4 is 11.7 Å². The number of para-hydroxylation sites is 1. The largest absolute Gasteiger partial charge is 0.398 e. The summed E-state index contributed by atoms with van der Waals surface area (Å²) in [7, 11) is 0. The van der Waals surface area contributed by atoms with Gasteiger partial charge in [0, 0.05) is 12.2 Å². The number of nitrogens with two attached hydrogens (primary N) is 2. The van der Waals surface area contributed by atoms with E-state index in [-0.39, 0.29) is 0 Å². The molecule has 0 radical (unpaired) electrons. The molecule has 0 unspecified atom stereocenters. The topological polar surface area (TPSA) is 81.1 Å². The summed E-state index contributed by atoms with van der Waals surface area (Å²) in [4.78, 5) is 10.4. The third kappa shape index (κ3) is 2.16. The second kappa shape index (κ2) is 3.61. The van der Waals surface area contributed by atoms with Crippen molar-refractivity contribution in [1.82, 2.24) is 5.32 Å². The van der Waals surface area contributed by atoms with Crippen molar-refractivity contribution in [2.45, 2.75) is 6.54 Å². The highest BCUT2D eigenvalue weighted by atomic mass is 16.2. The van der Waals surface area contributed by atoms with Crippen LogP contribution < -0.4 is 16.8 Å². The molecule has 1 aromatic rings. The highest BCUT2D eigenvalue weighted by Gasteiger charge is 1.97. The number of rotatable bonds is 2. The van der Waals surface area contributed by atoms with E-state index >= 15 is 0 Å². The Balaban J connectivity index is 2.63. The van der Waals surface area contributed by atoms with E-state index in [0.29, 0.717) is 12.2 Å². The molecule has 1 rings (SSSR count). The standard InChI is InChI=1S/C8H11N3O/c9-7-4-2-1-3-6(7)5-11-8(10)12/h1-4H,5,9H2,(H3,10,11,12). The maximum Gasteiger partial charge on any atom is 0.312 e. The van der Waals surface area contributed by atoms with Crippen LogP contribution in [-0.4, -0.2) is 6.03 Å². The number of benzene rings is 1. The van der Waals surface area contributed by atoms with Gasteiger partial charge in [-0.25, -0.2) is 4.79 Å². The Morgan fingerprint density at radius 2 is 2.08 bits per heavy atom. The van der Waals surface area contributed by atoms with Crippen molar-refractivity contribution in [1.29, 1.82) is 0 Å². The summed E-state index contributed by atoms with van der Waals surface area (Å²) >= 11 is 0. The number of nitrogen functional groups attached to an aromatic ring is 1. The van der Waals surface area contributed by atoms with E-state index in [1.807, 2.05) is 18.2 Å². The van der Waals surface area contributed by atoms with Gasteiger partial charge in [-0.3, -0.25) is 0 Å². The van der Waals surface area contributed by atoms with E-state index in [1.165, 1.54) is 0 Å². The van der Waals surface area contributed by atoms with Crippen LogP contribution in [0, 0.1) is 0 Å². The predicted octanol–water partition coefficient (Wildman–Crippen LogP) is 0.437. The molecule has 0 aromatic heterocycles. The Kier molecular flexibility index (Phi) is 2.53. The number of urea groups is 1. The van der Waals surface area contributed by atoms with E-state index in [4.69, 9.17) is 11.5 Å². The first-order valence-corrected chi connectivity index (χ1v) is 3.57. The molecule has 4 nitrogen and oxygen atoms in total. The van der Waals surface area contributed by atoms with Crippen LogP contribution in [0.25, 0.3) is 0 Å². The summed E-state index contributed by atoms with van der Waals surface area (Å²) in [6.07, 6.45) is 0. The van der Waals surface area contributed by atoms with Gasteiger partial charge in [0.25, 0.3) is 0 Å². The van der Waals surface area contributed by atoms with Crippen LogP contribution in [0.15, 0.2) is 24.3 Å². The minimum atomic E-state index is -0.543. The average Bonchev–Trinajstić information content (AvgIpc) is 2.03. The van der Waals surface area contributed by atoms with Gasteiger partial charge in [0.1, 0.15) is 0 Å². The molecule has 0 saturated heterocycles. The first kappa shape index (κ1) is 8.39. The molecule has 64 valence electrons. The number of carbonyl (C=O) groups excluding carboxylic acids is 1. The number of primary amides is 1. The van der Waals surface area contributed by atoms with E-state index in [0.717, 1.165) is 5.56 Å². The molecule has 0 aliphatic carbocycles. The first-order valence-electron chi connectivity index (χ1n) is 3.57. The highest BCUT2D eigenvalue weighted by Crippen LogP contribution is 2.09. The SMILES string of the molecule is NC(=O)NCc1ccccc1N. The van der Waals surface area contributed by atoms with Crippen LogP contribution in [0.2, 0.25) is 0 Å². The van der Waals surface area contributed by atoms with Gasteiger partial charge >= 0.3 is 6.03 Å². The molecule has 0 fully saturated rings. The summed E-state index contributed by atoms with van der Waals surface area (Å²) in [5.41, 5.74) is 12.0. The Morgan fingerprint density at radius 1 is 1.42 bits per heavy atom. The molecule has 0 atom stereocenters. The molecule has 0 bridgehead atoms. The molecular formula is C8H11N3O. The lowest BCUT2D eigenvalue weighted by Crippen LogP contribution is -2.28. The van der Waals surface area contributed by atoms with E-state index in [1.54, 1.807) is 6.07 Å². The van der Waals surface area contributed by atoms with Crippen LogP contribution in [0.5, 0.6) is 0 Å². The minimum Gasteiger partial charge on any atom is -0.398 e. The molecule has 4 heteroatoms. The van der Waals surface area contributed by atoms with Crippen LogP contribution in [0.1, 0.15) is 5.56 Å². The van der Waals surface area contributed by atoms with Crippen LogP contribution >= 0.6 is 0 Å². The lowest BCUT2D eigenvalue weighted by Gasteiger charge is -2.04. The first-order chi connectivity index (χ1) is 5.70. The van der Waals surface area contributed by atoms with Gasteiger partial charge < -0.3 is 16.8 Å². The molecule has 0 saturated carbocycles. The fourth-order valence-electron chi connectivity index (χ4n) is 0.878. The third-order valence-electron chi connectivity index (χ3n) is 1.51. The highest BCUT2D eigenvalue weighted by molar-refractivity contribution is 5.71. The van der Waals surface area contributed by atoms with Gasteiger partial charge in [0.2, 0.25) is 0 Å². The zero-order valence-electron chi connectivity index (χ0n) is 6.58. The van der Waals surface area contributed by atoms with E-state index in [9.17, 15) is 4.79 Å². The summed E-state index contributed by atoms with van der Waals surface area (Å²) in [5.74, 6) is 0. The molecule has 2 amide bonds. The van der Waals surface area contributed by atoms with Crippen molar-refractivity contribution < 1.29 is 4.79 Å². The zero-order chi connectivity index (χ0) is 8.97. The molecule has 0 aliphatic rings. The summed E-state index contributed by atoms with van der Waals surface area (Å²) < 4.78 is 0. The number of hydrogen-bond acceptors (Lipinski definition) is 2. The fourth-order valence-corrected chi connectivity index (χ4v) is 0.878. The van der Waals surface area contributed by atoms with Gasteiger partial charge in [-0.05, 0) is 11.6 Å². The van der Waals surface area contributed by atoms with Gasteiger partial charge in [-0.2, -0.15) is 0 Å². The van der Waals surface area contributed by atoms with E-state index in [2.05, 4.69) is 5.32 Å². The molecule has 1 aromatic carbocycles. The lowest BCUT2D eigenvalue weighted by atomic mass is 10.2. The molecule has 0 spiro atoms. The normalized spacial score (nSPS) is 9.33. The van der Waals surface area contributed by atoms with Gasteiger partial charge in [-0.1, -0.05) is 18.2 Å². The quantitative estimate of drug-likeness (QED) is 0.556. The van der Waals surface area contributed by atoms with E-state index < -0.39 is 6.03 Å². The number of amides is 2. The van der Waals surface area contributed by atoms with Crippen molar-refractivity contribution in [3.8, 4) is 0 Å². The molecular weight excluding hydrogens is 154 g/mol. The number of hydrogen-bond donors (Lipinski definition) is 3.